The van der Waals surface area contributed by atoms with E-state index in [0.717, 1.165) is 33.7 Å². The largest absolute Gasteiger partial charge is 0.301 e. The Hall–Kier alpha value is -3.35. The van der Waals surface area contributed by atoms with Gasteiger partial charge in [-0.3, -0.25) is 5.10 Å². The molecule has 4 aromatic rings. The molecule has 3 heterocycles. The van der Waals surface area contributed by atoms with E-state index in [0.29, 0.717) is 5.56 Å². The highest BCUT2D eigenvalue weighted by Crippen LogP contribution is 2.31. The molecule has 0 aliphatic heterocycles. The number of nitrogens with zero attached hydrogens (tertiary/aromatic N) is 4. The van der Waals surface area contributed by atoms with E-state index in [1.807, 2.05) is 22.7 Å². The summed E-state index contributed by atoms with van der Waals surface area (Å²) in [6, 6.07) is 8.75. The predicted molar refractivity (Wildman–Crippen MR) is 92.4 cm³/mol. The summed E-state index contributed by atoms with van der Waals surface area (Å²) < 4.78 is 15.4. The molecule has 0 aliphatic carbocycles. The Bertz CT molecular complexity index is 1080. The second-order valence-corrected chi connectivity index (χ2v) is 5.81. The number of nitrogens with one attached hydrogen (secondary N) is 1. The minimum absolute atomic E-state index is 0.0556. The number of nitroso groups, excluding NO2 is 1. The van der Waals surface area contributed by atoms with Crippen molar-refractivity contribution in [3.8, 4) is 22.4 Å². The molecule has 0 fully saturated rings. The average molecular weight is 335 g/mol. The van der Waals surface area contributed by atoms with Crippen LogP contribution in [-0.2, 0) is 6.54 Å². The highest BCUT2D eigenvalue weighted by molar-refractivity contribution is 5.80. The Morgan fingerprint density at radius 3 is 2.84 bits per heavy atom. The normalized spacial score (nSPS) is 11.1. The minimum Gasteiger partial charge on any atom is -0.301 e. The quantitative estimate of drug-likeness (QED) is 0.570. The van der Waals surface area contributed by atoms with Crippen molar-refractivity contribution in [1.82, 2.24) is 19.6 Å². The maximum absolute atomic E-state index is 13.5. The molecule has 124 valence electrons. The third-order valence-electron chi connectivity index (χ3n) is 4.21. The zero-order chi connectivity index (χ0) is 17.4. The van der Waals surface area contributed by atoms with Gasteiger partial charge in [0.15, 0.2) is 0 Å². The predicted octanol–water partition coefficient (Wildman–Crippen LogP) is 4.11. The molecule has 1 aromatic carbocycles. The van der Waals surface area contributed by atoms with Gasteiger partial charge < -0.3 is 4.40 Å². The molecule has 1 N–H and O–H groups in total. The Morgan fingerprint density at radius 1 is 1.20 bits per heavy atom. The van der Waals surface area contributed by atoms with Gasteiger partial charge in [0.2, 0.25) is 0 Å². The van der Waals surface area contributed by atoms with E-state index in [4.69, 9.17) is 0 Å². The second-order valence-electron chi connectivity index (χ2n) is 5.81. The van der Waals surface area contributed by atoms with Crippen molar-refractivity contribution >= 4 is 5.65 Å². The summed E-state index contributed by atoms with van der Waals surface area (Å²) in [7, 11) is 0. The fourth-order valence-electron chi connectivity index (χ4n) is 2.90. The zero-order valence-corrected chi connectivity index (χ0v) is 13.4. The molecular formula is C18H14FN5O. The maximum atomic E-state index is 13.5. The van der Waals surface area contributed by atoms with Gasteiger partial charge in [-0.2, -0.15) is 10.0 Å². The molecule has 25 heavy (non-hydrogen) atoms. The summed E-state index contributed by atoms with van der Waals surface area (Å²) in [5.74, 6) is -0.240. The Morgan fingerprint density at radius 2 is 2.04 bits per heavy atom. The SMILES string of the molecule is Cc1cc(-c2[nH]ncc2-c2ccc3ncc(CN=O)n3c2)ccc1F. The molecule has 0 atom stereocenters. The number of fused-ring (bicyclic) bond motifs is 1. The van der Waals surface area contributed by atoms with E-state index in [1.54, 1.807) is 31.5 Å². The average Bonchev–Trinajstić information content (AvgIpc) is 3.25. The first-order chi connectivity index (χ1) is 12.2. The van der Waals surface area contributed by atoms with Gasteiger partial charge in [0, 0.05) is 22.9 Å². The van der Waals surface area contributed by atoms with Gasteiger partial charge in [-0.05, 0) is 42.8 Å². The van der Waals surface area contributed by atoms with Crippen LogP contribution in [0.15, 0.2) is 54.1 Å². The number of hydrogen-bond donors (Lipinski definition) is 1. The van der Waals surface area contributed by atoms with Crippen LogP contribution in [0, 0.1) is 17.6 Å². The summed E-state index contributed by atoms with van der Waals surface area (Å²) in [5, 5.41) is 10.1. The lowest BCUT2D eigenvalue weighted by molar-refractivity contribution is 0.619. The van der Waals surface area contributed by atoms with Gasteiger partial charge in [0.1, 0.15) is 18.0 Å². The summed E-state index contributed by atoms with van der Waals surface area (Å²) in [6.07, 6.45) is 5.26. The standard InChI is InChI=1S/C18H14FN5O/c1-11-6-12(2-4-16(11)19)18-15(9-21-23-18)13-3-5-17-20-7-14(8-22-25)24(17)10-13/h2-7,9-10H,8H2,1H3,(H,21,23). The molecule has 0 unspecified atom stereocenters. The number of halogens is 1. The van der Waals surface area contributed by atoms with Crippen molar-refractivity contribution < 1.29 is 4.39 Å². The fraction of sp³-hybridized carbons (Fsp3) is 0.111. The topological polar surface area (TPSA) is 75.4 Å². The van der Waals surface area contributed by atoms with Gasteiger partial charge in [-0.25, -0.2) is 9.37 Å². The third kappa shape index (κ3) is 2.59. The van der Waals surface area contributed by atoms with Crippen LogP contribution in [0.5, 0.6) is 0 Å². The van der Waals surface area contributed by atoms with E-state index < -0.39 is 0 Å². The molecule has 6 nitrogen and oxygen atoms in total. The van der Waals surface area contributed by atoms with Crippen molar-refractivity contribution in [2.75, 3.05) is 0 Å². The van der Waals surface area contributed by atoms with Crippen LogP contribution < -0.4 is 0 Å². The lowest BCUT2D eigenvalue weighted by atomic mass is 10.0. The first-order valence-electron chi connectivity index (χ1n) is 7.73. The molecule has 4 rings (SSSR count). The summed E-state index contributed by atoms with van der Waals surface area (Å²) in [5.41, 5.74) is 5.47. The van der Waals surface area contributed by atoms with E-state index >= 15 is 0 Å². The Balaban J connectivity index is 1.84. The zero-order valence-electron chi connectivity index (χ0n) is 13.4. The van der Waals surface area contributed by atoms with E-state index in [2.05, 4.69) is 20.4 Å². The van der Waals surface area contributed by atoms with Gasteiger partial charge in [0.05, 0.1) is 23.8 Å². The van der Waals surface area contributed by atoms with Crippen molar-refractivity contribution in [3.63, 3.8) is 0 Å². The van der Waals surface area contributed by atoms with Crippen molar-refractivity contribution in [2.24, 2.45) is 5.18 Å². The molecule has 0 saturated heterocycles. The first kappa shape index (κ1) is 15.2. The highest BCUT2D eigenvalue weighted by Gasteiger charge is 2.13. The second kappa shape index (κ2) is 5.94. The van der Waals surface area contributed by atoms with Crippen molar-refractivity contribution in [2.45, 2.75) is 13.5 Å². The number of rotatable bonds is 4. The molecule has 3 aromatic heterocycles. The van der Waals surface area contributed by atoms with Crippen LogP contribution in [0.25, 0.3) is 28.0 Å². The fourth-order valence-corrected chi connectivity index (χ4v) is 2.90. The molecule has 7 heteroatoms. The molecular weight excluding hydrogens is 321 g/mol. The van der Waals surface area contributed by atoms with E-state index in [1.165, 1.54) is 6.07 Å². The summed E-state index contributed by atoms with van der Waals surface area (Å²) in [6.45, 7) is 1.78. The van der Waals surface area contributed by atoms with Crippen LogP contribution in [0.4, 0.5) is 4.39 Å². The lowest BCUT2D eigenvalue weighted by Crippen LogP contribution is -1.93. The number of aromatic amines is 1. The monoisotopic (exact) mass is 335 g/mol. The number of imidazole rings is 1. The maximum Gasteiger partial charge on any atom is 0.136 e. The van der Waals surface area contributed by atoms with E-state index in [-0.39, 0.29) is 12.4 Å². The van der Waals surface area contributed by atoms with Gasteiger partial charge in [-0.1, -0.05) is 5.18 Å². The number of aromatic nitrogens is 4. The first-order valence-corrected chi connectivity index (χ1v) is 7.73. The van der Waals surface area contributed by atoms with Crippen LogP contribution in [0.3, 0.4) is 0 Å². The van der Waals surface area contributed by atoms with Gasteiger partial charge in [0.25, 0.3) is 0 Å². The number of pyridine rings is 1. The van der Waals surface area contributed by atoms with Gasteiger partial charge >= 0.3 is 0 Å². The summed E-state index contributed by atoms with van der Waals surface area (Å²) in [4.78, 5) is 14.9. The number of benzene rings is 1. The molecule has 0 saturated carbocycles. The van der Waals surface area contributed by atoms with Crippen molar-refractivity contribution in [1.29, 1.82) is 0 Å². The summed E-state index contributed by atoms with van der Waals surface area (Å²) >= 11 is 0. The lowest BCUT2D eigenvalue weighted by Gasteiger charge is -2.07. The minimum atomic E-state index is -0.240. The van der Waals surface area contributed by atoms with Gasteiger partial charge in [-0.15, -0.1) is 0 Å². The van der Waals surface area contributed by atoms with Crippen LogP contribution in [0.1, 0.15) is 11.3 Å². The molecule has 0 aliphatic rings. The van der Waals surface area contributed by atoms with Crippen LogP contribution in [-0.4, -0.2) is 19.6 Å². The molecule has 0 spiro atoms. The third-order valence-corrected chi connectivity index (χ3v) is 4.21. The van der Waals surface area contributed by atoms with Crippen LogP contribution >= 0.6 is 0 Å². The molecule has 0 bridgehead atoms. The Kier molecular flexibility index (Phi) is 3.61. The number of hydrogen-bond acceptors (Lipinski definition) is 4. The smallest absolute Gasteiger partial charge is 0.136 e. The van der Waals surface area contributed by atoms with Crippen molar-refractivity contribution in [3.05, 3.63) is 70.9 Å². The molecule has 0 amide bonds. The van der Waals surface area contributed by atoms with E-state index in [9.17, 15) is 9.30 Å². The molecule has 0 radical (unpaired) electrons. The number of aryl methyl sites for hydroxylation is 1. The number of H-pyrrole nitrogens is 1. The Labute approximate surface area is 142 Å². The van der Waals surface area contributed by atoms with Crippen LogP contribution in [0.2, 0.25) is 0 Å². The highest BCUT2D eigenvalue weighted by atomic mass is 19.1.